The number of anilines is 1. The Morgan fingerprint density at radius 1 is 1.23 bits per heavy atom. The fourth-order valence-corrected chi connectivity index (χ4v) is 2.18. The van der Waals surface area contributed by atoms with Gasteiger partial charge in [0.2, 0.25) is 0 Å². The number of fused-ring (bicyclic) bond motifs is 1. The molecule has 0 amide bonds. The molecule has 0 aromatic heterocycles. The Kier molecular flexibility index (Phi) is 3.74. The number of nitrogens with one attached hydrogen (secondary N) is 1. The first-order valence-electron chi connectivity index (χ1n) is 6.72. The lowest BCUT2D eigenvalue weighted by Crippen LogP contribution is -2.17. The summed E-state index contributed by atoms with van der Waals surface area (Å²) >= 11 is 0. The van der Waals surface area contributed by atoms with Gasteiger partial charge in [-0.3, -0.25) is 5.43 Å². The number of rotatable bonds is 3. The van der Waals surface area contributed by atoms with Crippen LogP contribution in [0.4, 0.5) is 10.1 Å². The summed E-state index contributed by atoms with van der Waals surface area (Å²) in [6.45, 7) is 0.483. The molecule has 0 spiro atoms. The van der Waals surface area contributed by atoms with Crippen molar-refractivity contribution in [2.45, 2.75) is 6.42 Å². The maximum Gasteiger partial charge on any atom is 0.335 e. The van der Waals surface area contributed by atoms with E-state index in [0.29, 0.717) is 35.7 Å². The maximum absolute atomic E-state index is 13.4. The number of carboxylic acids is 1. The van der Waals surface area contributed by atoms with Gasteiger partial charge in [0.05, 0.1) is 23.6 Å². The van der Waals surface area contributed by atoms with Gasteiger partial charge in [-0.2, -0.15) is 5.10 Å². The summed E-state index contributed by atoms with van der Waals surface area (Å²) in [7, 11) is 0. The van der Waals surface area contributed by atoms with Crippen molar-refractivity contribution in [3.05, 3.63) is 59.4 Å². The Morgan fingerprint density at radius 2 is 2.00 bits per heavy atom. The van der Waals surface area contributed by atoms with E-state index in [1.54, 1.807) is 18.2 Å². The number of benzene rings is 2. The lowest BCUT2D eigenvalue weighted by molar-refractivity contribution is 0.0697. The molecule has 2 aromatic rings. The van der Waals surface area contributed by atoms with Crippen molar-refractivity contribution in [2.24, 2.45) is 5.10 Å². The van der Waals surface area contributed by atoms with Gasteiger partial charge in [-0.15, -0.1) is 0 Å². The van der Waals surface area contributed by atoms with Crippen LogP contribution in [-0.4, -0.2) is 23.4 Å². The number of carboxylic acid groups (broad SMARTS) is 1. The molecule has 1 aliphatic heterocycles. The zero-order valence-corrected chi connectivity index (χ0v) is 11.5. The summed E-state index contributed by atoms with van der Waals surface area (Å²) in [5, 5.41) is 13.1. The largest absolute Gasteiger partial charge is 0.492 e. The number of halogens is 1. The van der Waals surface area contributed by atoms with Gasteiger partial charge in [0, 0.05) is 12.0 Å². The van der Waals surface area contributed by atoms with E-state index in [2.05, 4.69) is 10.5 Å². The monoisotopic (exact) mass is 300 g/mol. The second kappa shape index (κ2) is 5.85. The van der Waals surface area contributed by atoms with Crippen LogP contribution in [0.25, 0.3) is 0 Å². The van der Waals surface area contributed by atoms with Gasteiger partial charge in [0.25, 0.3) is 0 Å². The van der Waals surface area contributed by atoms with Gasteiger partial charge in [-0.05, 0) is 42.5 Å². The molecule has 0 radical (unpaired) electrons. The van der Waals surface area contributed by atoms with Crippen LogP contribution in [0.1, 0.15) is 22.3 Å². The van der Waals surface area contributed by atoms with Crippen LogP contribution in [-0.2, 0) is 0 Å². The van der Waals surface area contributed by atoms with E-state index in [1.165, 1.54) is 24.3 Å². The molecule has 0 saturated heterocycles. The molecule has 5 nitrogen and oxygen atoms in total. The van der Waals surface area contributed by atoms with Crippen LogP contribution in [0.15, 0.2) is 47.6 Å². The summed E-state index contributed by atoms with van der Waals surface area (Å²) < 4.78 is 18.8. The molecule has 112 valence electrons. The van der Waals surface area contributed by atoms with Crippen molar-refractivity contribution in [3.63, 3.8) is 0 Å². The smallest absolute Gasteiger partial charge is 0.335 e. The fourth-order valence-electron chi connectivity index (χ4n) is 2.18. The minimum Gasteiger partial charge on any atom is -0.492 e. The fraction of sp³-hybridized carbons (Fsp3) is 0.125. The zero-order chi connectivity index (χ0) is 15.5. The highest BCUT2D eigenvalue weighted by Gasteiger charge is 2.17. The summed E-state index contributed by atoms with van der Waals surface area (Å²) in [5.74, 6) is -0.719. The third kappa shape index (κ3) is 2.90. The maximum atomic E-state index is 13.4. The van der Waals surface area contributed by atoms with Gasteiger partial charge < -0.3 is 9.84 Å². The Bertz CT molecular complexity index is 742. The Morgan fingerprint density at radius 3 is 2.73 bits per heavy atom. The molecule has 22 heavy (non-hydrogen) atoms. The van der Waals surface area contributed by atoms with Crippen LogP contribution in [0.2, 0.25) is 0 Å². The predicted molar refractivity (Wildman–Crippen MR) is 80.1 cm³/mol. The Hall–Kier alpha value is -2.89. The van der Waals surface area contributed by atoms with E-state index in [9.17, 15) is 9.18 Å². The van der Waals surface area contributed by atoms with Gasteiger partial charge in [0.15, 0.2) is 0 Å². The van der Waals surface area contributed by atoms with Crippen LogP contribution >= 0.6 is 0 Å². The van der Waals surface area contributed by atoms with E-state index in [1.807, 2.05) is 0 Å². The lowest BCUT2D eigenvalue weighted by Gasteiger charge is -2.19. The lowest BCUT2D eigenvalue weighted by atomic mass is 10.0. The van der Waals surface area contributed by atoms with E-state index < -0.39 is 5.97 Å². The van der Waals surface area contributed by atoms with Crippen molar-refractivity contribution in [1.29, 1.82) is 0 Å². The molecule has 0 bridgehead atoms. The number of carbonyl (C=O) groups is 1. The molecule has 0 unspecified atom stereocenters. The molecule has 6 heteroatoms. The SMILES string of the molecule is O=C(O)c1ccc(NN=C2CCOc3ccc(F)cc32)cc1. The number of hydrogen-bond donors (Lipinski definition) is 2. The minimum atomic E-state index is -0.980. The standard InChI is InChI=1S/C16H13FN2O3/c17-11-3-6-15-13(9-11)14(7-8-22-15)19-18-12-4-1-10(2-5-12)16(20)21/h1-6,9,18H,7-8H2,(H,20,21). The Labute approximate surface area is 126 Å². The molecule has 2 N–H and O–H groups in total. The highest BCUT2D eigenvalue weighted by Crippen LogP contribution is 2.26. The highest BCUT2D eigenvalue weighted by molar-refractivity contribution is 6.04. The molecule has 1 heterocycles. The van der Waals surface area contributed by atoms with Gasteiger partial charge >= 0.3 is 5.97 Å². The second-order valence-corrected chi connectivity index (χ2v) is 4.79. The van der Waals surface area contributed by atoms with E-state index in [-0.39, 0.29) is 11.4 Å². The van der Waals surface area contributed by atoms with E-state index in [4.69, 9.17) is 9.84 Å². The third-order valence-corrected chi connectivity index (χ3v) is 3.30. The average molecular weight is 300 g/mol. The molecule has 0 saturated carbocycles. The number of aromatic carboxylic acids is 1. The van der Waals surface area contributed by atoms with Crippen molar-refractivity contribution in [2.75, 3.05) is 12.0 Å². The topological polar surface area (TPSA) is 70.9 Å². The second-order valence-electron chi connectivity index (χ2n) is 4.79. The van der Waals surface area contributed by atoms with Gasteiger partial charge in [-0.25, -0.2) is 9.18 Å². The highest BCUT2D eigenvalue weighted by atomic mass is 19.1. The Balaban J connectivity index is 1.82. The predicted octanol–water partition coefficient (Wildman–Crippen LogP) is 3.12. The molecule has 0 fully saturated rings. The van der Waals surface area contributed by atoms with Crippen molar-refractivity contribution >= 4 is 17.4 Å². The summed E-state index contributed by atoms with van der Waals surface area (Å²) in [6, 6.07) is 10.5. The first kappa shape index (κ1) is 14.1. The summed E-state index contributed by atoms with van der Waals surface area (Å²) in [4.78, 5) is 10.8. The molecule has 0 aliphatic carbocycles. The molecule has 3 rings (SSSR count). The van der Waals surface area contributed by atoms with Crippen LogP contribution in [0.3, 0.4) is 0 Å². The van der Waals surface area contributed by atoms with Crippen molar-refractivity contribution in [3.8, 4) is 5.75 Å². The van der Waals surface area contributed by atoms with Crippen molar-refractivity contribution in [1.82, 2.24) is 0 Å². The molecule has 2 aromatic carbocycles. The van der Waals surface area contributed by atoms with Crippen LogP contribution in [0.5, 0.6) is 5.75 Å². The summed E-state index contributed by atoms with van der Waals surface area (Å²) in [5.41, 5.74) is 5.04. The first-order valence-corrected chi connectivity index (χ1v) is 6.72. The molecule has 0 atom stereocenters. The minimum absolute atomic E-state index is 0.205. The van der Waals surface area contributed by atoms with Crippen molar-refractivity contribution < 1.29 is 19.0 Å². The quantitative estimate of drug-likeness (QED) is 0.854. The van der Waals surface area contributed by atoms with Gasteiger partial charge in [0.1, 0.15) is 11.6 Å². The molecular formula is C16H13FN2O3. The number of hydrazone groups is 1. The first-order chi connectivity index (χ1) is 10.6. The number of hydrogen-bond acceptors (Lipinski definition) is 4. The van der Waals surface area contributed by atoms with Crippen LogP contribution in [0, 0.1) is 5.82 Å². The van der Waals surface area contributed by atoms with E-state index >= 15 is 0 Å². The number of nitrogens with zero attached hydrogens (tertiary/aromatic N) is 1. The number of ether oxygens (including phenoxy) is 1. The third-order valence-electron chi connectivity index (χ3n) is 3.30. The summed E-state index contributed by atoms with van der Waals surface area (Å²) in [6.07, 6.45) is 0.566. The zero-order valence-electron chi connectivity index (χ0n) is 11.5. The van der Waals surface area contributed by atoms with E-state index in [0.717, 1.165) is 0 Å². The average Bonchev–Trinajstić information content (AvgIpc) is 2.53. The normalized spacial score (nSPS) is 15.0. The van der Waals surface area contributed by atoms with Crippen LogP contribution < -0.4 is 10.2 Å². The molecule has 1 aliphatic rings. The van der Waals surface area contributed by atoms with Gasteiger partial charge in [-0.1, -0.05) is 0 Å². The molecular weight excluding hydrogens is 287 g/mol.